The van der Waals surface area contributed by atoms with E-state index < -0.39 is 5.97 Å². The molecule has 3 rings (SSSR count). The molecule has 20 heavy (non-hydrogen) atoms. The van der Waals surface area contributed by atoms with Gasteiger partial charge in [0, 0.05) is 17.1 Å². The van der Waals surface area contributed by atoms with Gasteiger partial charge in [-0.3, -0.25) is 0 Å². The Hall–Kier alpha value is -2.62. The van der Waals surface area contributed by atoms with E-state index in [1.807, 2.05) is 19.1 Å². The van der Waals surface area contributed by atoms with Gasteiger partial charge in [0.2, 0.25) is 0 Å². The van der Waals surface area contributed by atoms with Crippen LogP contribution in [0.3, 0.4) is 0 Å². The van der Waals surface area contributed by atoms with Crippen LogP contribution in [0.25, 0.3) is 10.9 Å². The van der Waals surface area contributed by atoms with E-state index in [1.54, 1.807) is 18.2 Å². The third-order valence-corrected chi connectivity index (χ3v) is 3.10. The van der Waals surface area contributed by atoms with Crippen LogP contribution in [0.2, 0.25) is 0 Å². The number of rotatable bonds is 2. The molecule has 0 atom stereocenters. The predicted molar refractivity (Wildman–Crippen MR) is 74.4 cm³/mol. The molecule has 0 fully saturated rings. The molecule has 2 aromatic carbocycles. The van der Waals surface area contributed by atoms with Gasteiger partial charge >= 0.3 is 5.97 Å². The van der Waals surface area contributed by atoms with E-state index in [0.717, 1.165) is 5.56 Å². The number of nitrogens with one attached hydrogen (secondary N) is 1. The van der Waals surface area contributed by atoms with Gasteiger partial charge in [0.1, 0.15) is 11.6 Å². The maximum atomic E-state index is 13.3. The van der Waals surface area contributed by atoms with Gasteiger partial charge < -0.3 is 9.72 Å². The smallest absolute Gasteiger partial charge is 0.345 e. The normalized spacial score (nSPS) is 10.7. The molecule has 100 valence electrons. The number of fused-ring (bicyclic) bond motifs is 1. The summed E-state index contributed by atoms with van der Waals surface area (Å²) in [6.07, 6.45) is 1.53. The van der Waals surface area contributed by atoms with Crippen LogP contribution in [0.5, 0.6) is 5.75 Å². The average molecular weight is 269 g/mol. The summed E-state index contributed by atoms with van der Waals surface area (Å²) in [4.78, 5) is 15.0. The summed E-state index contributed by atoms with van der Waals surface area (Å²) in [7, 11) is 0. The number of esters is 1. The molecule has 0 saturated carbocycles. The topological polar surface area (TPSA) is 42.1 Å². The number of carbonyl (C=O) groups is 1. The van der Waals surface area contributed by atoms with Gasteiger partial charge in [0.15, 0.2) is 0 Å². The van der Waals surface area contributed by atoms with Crippen molar-refractivity contribution < 1.29 is 13.9 Å². The summed E-state index contributed by atoms with van der Waals surface area (Å²) < 4.78 is 18.5. The maximum absolute atomic E-state index is 13.3. The zero-order chi connectivity index (χ0) is 14.1. The fourth-order valence-corrected chi connectivity index (χ4v) is 2.03. The van der Waals surface area contributed by atoms with E-state index >= 15 is 0 Å². The third-order valence-electron chi connectivity index (χ3n) is 3.10. The van der Waals surface area contributed by atoms with Crippen molar-refractivity contribution in [3.8, 4) is 5.75 Å². The Balaban J connectivity index is 1.92. The fraction of sp³-hybridized carbons (Fsp3) is 0.0625. The molecule has 4 heteroatoms. The highest BCUT2D eigenvalue weighted by Crippen LogP contribution is 2.21. The molecule has 0 unspecified atom stereocenters. The van der Waals surface area contributed by atoms with Crippen LogP contribution in [0.1, 0.15) is 15.9 Å². The third kappa shape index (κ3) is 2.28. The molecule has 1 heterocycles. The summed E-state index contributed by atoms with van der Waals surface area (Å²) >= 11 is 0. The van der Waals surface area contributed by atoms with Crippen molar-refractivity contribution in [2.75, 3.05) is 0 Å². The molecule has 0 bridgehead atoms. The standard InChI is InChI=1S/C16H12FNO2/c1-10-2-5-12(6-3-10)20-16(19)14-9-18-15-7-4-11(17)8-13(14)15/h2-9,18H,1H3. The number of aryl methyl sites for hydroxylation is 1. The molecule has 3 aromatic rings. The number of ether oxygens (including phenoxy) is 1. The first-order chi connectivity index (χ1) is 9.63. The highest BCUT2D eigenvalue weighted by Gasteiger charge is 2.14. The number of aromatic amines is 1. The first kappa shape index (κ1) is 12.4. The fourth-order valence-electron chi connectivity index (χ4n) is 2.03. The Morgan fingerprint density at radius 3 is 2.65 bits per heavy atom. The summed E-state index contributed by atoms with van der Waals surface area (Å²) in [6, 6.07) is 11.4. The van der Waals surface area contributed by atoms with Gasteiger partial charge in [-0.25, -0.2) is 9.18 Å². The van der Waals surface area contributed by atoms with E-state index in [0.29, 0.717) is 22.2 Å². The second-order valence-electron chi connectivity index (χ2n) is 4.59. The van der Waals surface area contributed by atoms with E-state index in [1.165, 1.54) is 18.3 Å². The summed E-state index contributed by atoms with van der Waals surface area (Å²) in [5, 5.41) is 0.516. The van der Waals surface area contributed by atoms with Crippen LogP contribution in [0.4, 0.5) is 4.39 Å². The van der Waals surface area contributed by atoms with Crippen LogP contribution in [-0.4, -0.2) is 11.0 Å². The second kappa shape index (κ2) is 4.81. The minimum atomic E-state index is -0.509. The molecule has 0 aliphatic carbocycles. The molecule has 1 aromatic heterocycles. The Morgan fingerprint density at radius 2 is 1.90 bits per heavy atom. The Labute approximate surface area is 115 Å². The van der Waals surface area contributed by atoms with Crippen molar-refractivity contribution in [2.24, 2.45) is 0 Å². The van der Waals surface area contributed by atoms with Crippen molar-refractivity contribution in [3.05, 3.63) is 65.6 Å². The number of H-pyrrole nitrogens is 1. The number of carbonyl (C=O) groups excluding carboxylic acids is 1. The van der Waals surface area contributed by atoms with Crippen molar-refractivity contribution >= 4 is 16.9 Å². The van der Waals surface area contributed by atoms with Crippen molar-refractivity contribution in [1.82, 2.24) is 4.98 Å². The Kier molecular flexibility index (Phi) is 2.99. The first-order valence-corrected chi connectivity index (χ1v) is 6.19. The number of halogens is 1. The molecule has 3 nitrogen and oxygen atoms in total. The van der Waals surface area contributed by atoms with E-state index in [2.05, 4.69) is 4.98 Å². The number of hydrogen-bond acceptors (Lipinski definition) is 2. The zero-order valence-electron chi connectivity index (χ0n) is 10.8. The maximum Gasteiger partial charge on any atom is 0.345 e. The highest BCUT2D eigenvalue weighted by atomic mass is 19.1. The number of benzene rings is 2. The molecule has 1 N–H and O–H groups in total. The highest BCUT2D eigenvalue weighted by molar-refractivity contribution is 6.04. The van der Waals surface area contributed by atoms with Crippen LogP contribution in [0.15, 0.2) is 48.7 Å². The molecule has 0 spiro atoms. The van der Waals surface area contributed by atoms with Crippen LogP contribution < -0.4 is 4.74 Å². The molecule has 0 saturated heterocycles. The quantitative estimate of drug-likeness (QED) is 0.567. The van der Waals surface area contributed by atoms with E-state index in [-0.39, 0.29) is 5.82 Å². The summed E-state index contributed by atoms with van der Waals surface area (Å²) in [6.45, 7) is 1.95. The average Bonchev–Trinajstić information content (AvgIpc) is 2.84. The van der Waals surface area contributed by atoms with Crippen molar-refractivity contribution in [1.29, 1.82) is 0 Å². The second-order valence-corrected chi connectivity index (χ2v) is 4.59. The van der Waals surface area contributed by atoms with E-state index in [4.69, 9.17) is 4.74 Å². The zero-order valence-corrected chi connectivity index (χ0v) is 10.8. The number of hydrogen-bond donors (Lipinski definition) is 1. The van der Waals surface area contributed by atoms with Gasteiger partial charge in [-0.15, -0.1) is 0 Å². The minimum absolute atomic E-state index is 0.320. The molecule has 0 radical (unpaired) electrons. The molecular formula is C16H12FNO2. The van der Waals surface area contributed by atoms with Crippen LogP contribution >= 0.6 is 0 Å². The van der Waals surface area contributed by atoms with Gasteiger partial charge in [0.25, 0.3) is 0 Å². The lowest BCUT2D eigenvalue weighted by atomic mass is 10.2. The van der Waals surface area contributed by atoms with Crippen molar-refractivity contribution in [2.45, 2.75) is 6.92 Å². The lowest BCUT2D eigenvalue weighted by Crippen LogP contribution is -2.07. The van der Waals surface area contributed by atoms with Crippen LogP contribution in [-0.2, 0) is 0 Å². The first-order valence-electron chi connectivity index (χ1n) is 6.19. The van der Waals surface area contributed by atoms with Crippen LogP contribution in [0, 0.1) is 12.7 Å². The van der Waals surface area contributed by atoms with Gasteiger partial charge in [0.05, 0.1) is 5.56 Å². The number of aromatic nitrogens is 1. The molecule has 0 aliphatic heterocycles. The lowest BCUT2D eigenvalue weighted by molar-refractivity contribution is 0.0737. The van der Waals surface area contributed by atoms with Gasteiger partial charge in [-0.05, 0) is 37.3 Å². The summed E-state index contributed by atoms with van der Waals surface area (Å²) in [5.74, 6) is -0.432. The largest absolute Gasteiger partial charge is 0.423 e. The SMILES string of the molecule is Cc1ccc(OC(=O)c2c[nH]c3ccc(F)cc23)cc1. The van der Waals surface area contributed by atoms with Gasteiger partial charge in [-0.1, -0.05) is 17.7 Å². The molecule has 0 amide bonds. The summed E-state index contributed by atoms with van der Waals surface area (Å²) in [5.41, 5.74) is 2.10. The predicted octanol–water partition coefficient (Wildman–Crippen LogP) is 3.83. The van der Waals surface area contributed by atoms with Crippen molar-refractivity contribution in [3.63, 3.8) is 0 Å². The monoisotopic (exact) mass is 269 g/mol. The minimum Gasteiger partial charge on any atom is -0.423 e. The lowest BCUT2D eigenvalue weighted by Gasteiger charge is -2.03. The van der Waals surface area contributed by atoms with Gasteiger partial charge in [-0.2, -0.15) is 0 Å². The Bertz CT molecular complexity index is 775. The Morgan fingerprint density at radius 1 is 1.15 bits per heavy atom. The molecule has 0 aliphatic rings. The van der Waals surface area contributed by atoms with E-state index in [9.17, 15) is 9.18 Å². The molecular weight excluding hydrogens is 257 g/mol.